The fourth-order valence-electron chi connectivity index (χ4n) is 4.52. The molecule has 1 amide bonds. The number of amides is 1. The van der Waals surface area contributed by atoms with Crippen LogP contribution in [0.4, 0.5) is 0 Å². The Bertz CT molecular complexity index is 475. The molecule has 4 fully saturated rings. The molecule has 2 aliphatic heterocycles. The number of carbonyl (C=O) groups is 1. The minimum Gasteiger partial charge on any atom is -0.381 e. The maximum atomic E-state index is 12.4. The summed E-state index contributed by atoms with van der Waals surface area (Å²) in [6.45, 7) is 3.72. The Hall–Kier alpha value is -0.550. The highest BCUT2D eigenvalue weighted by Crippen LogP contribution is 2.47. The van der Waals surface area contributed by atoms with Gasteiger partial charge in [0.15, 0.2) is 5.17 Å². The summed E-state index contributed by atoms with van der Waals surface area (Å²) in [6.07, 6.45) is 7.31. The quantitative estimate of drug-likeness (QED) is 0.872. The molecule has 5 atom stereocenters. The molecule has 5 unspecified atom stereocenters. The number of hydrogen-bond acceptors (Lipinski definition) is 4. The van der Waals surface area contributed by atoms with Crippen LogP contribution in [0, 0.1) is 17.8 Å². The van der Waals surface area contributed by atoms with Crippen LogP contribution in [0.1, 0.15) is 45.4 Å². The zero-order chi connectivity index (χ0) is 14.4. The van der Waals surface area contributed by atoms with Gasteiger partial charge in [-0.1, -0.05) is 18.2 Å². The van der Waals surface area contributed by atoms with E-state index in [9.17, 15) is 4.79 Å². The minimum atomic E-state index is -0.352. The largest absolute Gasteiger partial charge is 0.381 e. The van der Waals surface area contributed by atoms with Crippen molar-refractivity contribution in [2.24, 2.45) is 22.7 Å². The number of fused-ring (bicyclic) bond motifs is 2. The van der Waals surface area contributed by atoms with E-state index in [1.165, 1.54) is 25.7 Å². The van der Waals surface area contributed by atoms with Crippen LogP contribution < -0.4 is 5.32 Å². The zero-order valence-electron chi connectivity index (χ0n) is 12.6. The van der Waals surface area contributed by atoms with E-state index in [1.807, 2.05) is 0 Å². The summed E-state index contributed by atoms with van der Waals surface area (Å²) in [5.41, 5.74) is 0. The number of ether oxygens (including phenoxy) is 1. The van der Waals surface area contributed by atoms with Gasteiger partial charge in [0, 0.05) is 13.2 Å². The normalized spacial score (nSPS) is 47.5. The molecule has 2 heterocycles. The highest BCUT2D eigenvalue weighted by atomic mass is 32.2. The molecule has 0 aromatic heterocycles. The van der Waals surface area contributed by atoms with Crippen molar-refractivity contribution in [1.29, 1.82) is 0 Å². The highest BCUT2D eigenvalue weighted by molar-refractivity contribution is 8.16. The van der Waals surface area contributed by atoms with Crippen molar-refractivity contribution in [2.75, 3.05) is 13.2 Å². The average Bonchev–Trinajstić information content (AvgIpc) is 3.17. The maximum absolute atomic E-state index is 12.4. The summed E-state index contributed by atoms with van der Waals surface area (Å²) in [6, 6.07) is 0.462. The minimum absolute atomic E-state index is 0.140. The first-order chi connectivity index (χ1) is 10.1. The topological polar surface area (TPSA) is 50.7 Å². The summed E-state index contributed by atoms with van der Waals surface area (Å²) in [7, 11) is 0. The molecule has 4 aliphatic rings. The molecule has 5 heteroatoms. The Labute approximate surface area is 130 Å². The molecule has 0 aromatic carbocycles. The van der Waals surface area contributed by atoms with E-state index in [0.717, 1.165) is 43.1 Å². The first-order valence-corrected chi connectivity index (χ1v) is 9.10. The Morgan fingerprint density at radius 3 is 2.95 bits per heavy atom. The maximum Gasteiger partial charge on any atom is 0.242 e. The highest BCUT2D eigenvalue weighted by Gasteiger charge is 2.46. The van der Waals surface area contributed by atoms with Gasteiger partial charge in [0.1, 0.15) is 0 Å². The molecular formula is C16H24N2O2S. The molecule has 21 heavy (non-hydrogen) atoms. The number of nitrogens with one attached hydrogen (secondary N) is 1. The van der Waals surface area contributed by atoms with Gasteiger partial charge in [0.05, 0.1) is 10.8 Å². The van der Waals surface area contributed by atoms with E-state index in [2.05, 4.69) is 12.2 Å². The second kappa shape index (κ2) is 5.27. The number of thioether (sulfide) groups is 1. The summed E-state index contributed by atoms with van der Waals surface area (Å²) >= 11 is 1.66. The molecule has 2 saturated heterocycles. The molecule has 0 aromatic rings. The predicted molar refractivity (Wildman–Crippen MR) is 84.4 cm³/mol. The van der Waals surface area contributed by atoms with Crippen LogP contribution in [0.25, 0.3) is 0 Å². The molecule has 116 valence electrons. The van der Waals surface area contributed by atoms with Crippen LogP contribution in [-0.4, -0.2) is 35.1 Å². The van der Waals surface area contributed by atoms with Gasteiger partial charge < -0.3 is 10.1 Å². The monoisotopic (exact) mass is 308 g/mol. The van der Waals surface area contributed by atoms with Gasteiger partial charge in [0.25, 0.3) is 0 Å². The van der Waals surface area contributed by atoms with Crippen molar-refractivity contribution in [3.63, 3.8) is 0 Å². The van der Waals surface area contributed by atoms with Gasteiger partial charge in [-0.25, -0.2) is 0 Å². The van der Waals surface area contributed by atoms with Crippen LogP contribution >= 0.6 is 11.8 Å². The van der Waals surface area contributed by atoms with Gasteiger partial charge in [0.2, 0.25) is 5.91 Å². The second-order valence-corrected chi connectivity index (χ2v) is 8.89. The third-order valence-corrected chi connectivity index (χ3v) is 6.91. The van der Waals surface area contributed by atoms with Gasteiger partial charge >= 0.3 is 0 Å². The van der Waals surface area contributed by atoms with E-state index in [0.29, 0.717) is 12.0 Å². The number of carbonyl (C=O) groups excluding carboxylic acids is 1. The fraction of sp³-hybridized carbons (Fsp3) is 0.875. The Kier molecular flexibility index (Phi) is 3.53. The van der Waals surface area contributed by atoms with E-state index >= 15 is 0 Å². The number of rotatable bonds is 3. The summed E-state index contributed by atoms with van der Waals surface area (Å²) < 4.78 is 5.09. The number of aliphatic imine (C=N–C) groups is 1. The van der Waals surface area contributed by atoms with Crippen LogP contribution in [-0.2, 0) is 9.53 Å². The zero-order valence-corrected chi connectivity index (χ0v) is 13.5. The summed E-state index contributed by atoms with van der Waals surface area (Å²) in [4.78, 5) is 17.3. The second-order valence-electron chi connectivity index (χ2n) is 7.40. The first-order valence-electron chi connectivity index (χ1n) is 8.28. The lowest BCUT2D eigenvalue weighted by atomic mass is 9.94. The Balaban J connectivity index is 1.43. The van der Waals surface area contributed by atoms with E-state index in [1.54, 1.807) is 11.8 Å². The third-order valence-electron chi connectivity index (χ3n) is 5.71. The lowest BCUT2D eigenvalue weighted by molar-refractivity contribution is -0.121. The van der Waals surface area contributed by atoms with E-state index in [4.69, 9.17) is 9.73 Å². The molecule has 4 nitrogen and oxygen atoms in total. The van der Waals surface area contributed by atoms with Crippen LogP contribution in [0.2, 0.25) is 0 Å². The molecule has 2 aliphatic carbocycles. The summed E-state index contributed by atoms with van der Waals surface area (Å²) in [5.74, 6) is 2.33. The molecule has 2 saturated carbocycles. The van der Waals surface area contributed by atoms with Gasteiger partial charge in [-0.05, 0) is 56.8 Å². The molecule has 0 spiro atoms. The van der Waals surface area contributed by atoms with Crippen LogP contribution in [0.3, 0.4) is 0 Å². The molecule has 2 bridgehead atoms. The number of nitrogens with zero attached hydrogens (tertiary/aromatic N) is 1. The van der Waals surface area contributed by atoms with Gasteiger partial charge in [-0.3, -0.25) is 9.79 Å². The van der Waals surface area contributed by atoms with Crippen molar-refractivity contribution in [2.45, 2.75) is 56.2 Å². The lowest BCUT2D eigenvalue weighted by Gasteiger charge is -2.22. The molecule has 1 N–H and O–H groups in total. The lowest BCUT2D eigenvalue weighted by Crippen LogP contribution is -2.35. The predicted octanol–water partition coefficient (Wildman–Crippen LogP) is 2.58. The van der Waals surface area contributed by atoms with Crippen molar-refractivity contribution < 1.29 is 9.53 Å². The van der Waals surface area contributed by atoms with Gasteiger partial charge in [-0.2, -0.15) is 0 Å². The fourth-order valence-corrected chi connectivity index (χ4v) is 5.74. The Morgan fingerprint density at radius 2 is 2.29 bits per heavy atom. The van der Waals surface area contributed by atoms with Crippen molar-refractivity contribution in [3.8, 4) is 0 Å². The van der Waals surface area contributed by atoms with Crippen molar-refractivity contribution in [3.05, 3.63) is 0 Å². The standard InChI is InChI=1S/C16H24N2O2S/c1-16(8-11-4-5-20-9-11)14(19)18-15(21-16)17-13-7-10-2-3-12(13)6-10/h10-13H,2-9H2,1H3,(H,17,18,19). The van der Waals surface area contributed by atoms with Crippen molar-refractivity contribution >= 4 is 22.8 Å². The smallest absolute Gasteiger partial charge is 0.242 e. The SMILES string of the molecule is CC1(CC2CCOC2)SC(=NC2CC3CCC2C3)NC1=O. The van der Waals surface area contributed by atoms with Crippen molar-refractivity contribution in [1.82, 2.24) is 5.32 Å². The molecule has 0 radical (unpaired) electrons. The molecular weight excluding hydrogens is 284 g/mol. The van der Waals surface area contributed by atoms with Gasteiger partial charge in [-0.15, -0.1) is 0 Å². The molecule has 4 rings (SSSR count). The van der Waals surface area contributed by atoms with Crippen LogP contribution in [0.5, 0.6) is 0 Å². The first kappa shape index (κ1) is 14.1. The number of amidine groups is 1. The average molecular weight is 308 g/mol. The Morgan fingerprint density at radius 1 is 1.38 bits per heavy atom. The van der Waals surface area contributed by atoms with E-state index < -0.39 is 0 Å². The summed E-state index contributed by atoms with van der Waals surface area (Å²) in [5, 5.41) is 3.91. The van der Waals surface area contributed by atoms with Crippen LogP contribution in [0.15, 0.2) is 4.99 Å². The third kappa shape index (κ3) is 2.63. The number of hydrogen-bond donors (Lipinski definition) is 1. The van der Waals surface area contributed by atoms with E-state index in [-0.39, 0.29) is 10.7 Å².